The third-order valence-corrected chi connectivity index (χ3v) is 5.94. The summed E-state index contributed by atoms with van der Waals surface area (Å²) in [6, 6.07) is 16.1. The van der Waals surface area contributed by atoms with Crippen LogP contribution in [0.4, 0.5) is 5.69 Å². The SMILES string of the molecule is Cc1ccc(S(=O)(=O)Nc2cccc3ccc(CCCCOCCO)nc23)cc1. The van der Waals surface area contributed by atoms with Crippen molar-refractivity contribution in [2.24, 2.45) is 0 Å². The Hall–Kier alpha value is -2.48. The van der Waals surface area contributed by atoms with E-state index in [0.717, 1.165) is 35.9 Å². The number of rotatable bonds is 10. The van der Waals surface area contributed by atoms with E-state index in [1.165, 1.54) is 0 Å². The second-order valence-electron chi connectivity index (χ2n) is 6.89. The van der Waals surface area contributed by atoms with Crippen LogP contribution in [-0.4, -0.2) is 38.3 Å². The first kappa shape index (κ1) is 21.2. The number of para-hydroxylation sites is 1. The summed E-state index contributed by atoms with van der Waals surface area (Å²) in [4.78, 5) is 4.91. The van der Waals surface area contributed by atoms with Crippen molar-refractivity contribution in [2.45, 2.75) is 31.1 Å². The third kappa shape index (κ3) is 5.76. The molecule has 0 saturated carbocycles. The first-order valence-electron chi connectivity index (χ1n) is 9.66. The fourth-order valence-corrected chi connectivity index (χ4v) is 4.07. The quantitative estimate of drug-likeness (QED) is 0.494. The van der Waals surface area contributed by atoms with E-state index in [1.54, 1.807) is 30.3 Å². The van der Waals surface area contributed by atoms with Crippen molar-refractivity contribution in [3.8, 4) is 0 Å². The number of benzene rings is 2. The number of hydrogen-bond acceptors (Lipinski definition) is 5. The number of fused-ring (bicyclic) bond motifs is 1. The lowest BCUT2D eigenvalue weighted by Crippen LogP contribution is -2.13. The number of hydrogen-bond donors (Lipinski definition) is 2. The van der Waals surface area contributed by atoms with Crippen LogP contribution in [0.1, 0.15) is 24.1 Å². The van der Waals surface area contributed by atoms with Crippen LogP contribution in [0.15, 0.2) is 59.5 Å². The molecule has 0 aliphatic rings. The molecule has 6 nitrogen and oxygen atoms in total. The number of aromatic nitrogens is 1. The smallest absolute Gasteiger partial charge is 0.261 e. The van der Waals surface area contributed by atoms with Gasteiger partial charge in [-0.25, -0.2) is 8.42 Å². The molecule has 29 heavy (non-hydrogen) atoms. The average Bonchev–Trinajstić information content (AvgIpc) is 2.71. The van der Waals surface area contributed by atoms with E-state index in [1.807, 2.05) is 31.2 Å². The highest BCUT2D eigenvalue weighted by atomic mass is 32.2. The monoisotopic (exact) mass is 414 g/mol. The molecule has 7 heteroatoms. The minimum atomic E-state index is -3.69. The largest absolute Gasteiger partial charge is 0.394 e. The Balaban J connectivity index is 1.76. The molecule has 0 atom stereocenters. The minimum Gasteiger partial charge on any atom is -0.394 e. The lowest BCUT2D eigenvalue weighted by Gasteiger charge is -2.11. The Morgan fingerprint density at radius 2 is 1.79 bits per heavy atom. The van der Waals surface area contributed by atoms with Gasteiger partial charge in [0.25, 0.3) is 10.0 Å². The second kappa shape index (κ2) is 9.82. The Morgan fingerprint density at radius 1 is 1.00 bits per heavy atom. The number of pyridine rings is 1. The number of nitrogens with zero attached hydrogens (tertiary/aromatic N) is 1. The van der Waals surface area contributed by atoms with Crippen molar-refractivity contribution < 1.29 is 18.3 Å². The number of unbranched alkanes of at least 4 members (excludes halogenated alkanes) is 1. The summed E-state index contributed by atoms with van der Waals surface area (Å²) in [6.45, 7) is 2.92. The molecule has 3 rings (SSSR count). The summed E-state index contributed by atoms with van der Waals surface area (Å²) in [7, 11) is -3.69. The summed E-state index contributed by atoms with van der Waals surface area (Å²) >= 11 is 0. The summed E-state index contributed by atoms with van der Waals surface area (Å²) < 4.78 is 33.5. The molecule has 0 radical (unpaired) electrons. The fourth-order valence-electron chi connectivity index (χ4n) is 3.01. The second-order valence-corrected chi connectivity index (χ2v) is 8.57. The third-order valence-electron chi connectivity index (χ3n) is 4.56. The van der Waals surface area contributed by atoms with E-state index in [-0.39, 0.29) is 11.5 Å². The first-order valence-corrected chi connectivity index (χ1v) is 11.1. The van der Waals surface area contributed by atoms with Gasteiger partial charge in [0, 0.05) is 17.7 Å². The van der Waals surface area contributed by atoms with Crippen molar-refractivity contribution in [3.05, 3.63) is 65.9 Å². The highest BCUT2D eigenvalue weighted by molar-refractivity contribution is 7.92. The molecule has 0 spiro atoms. The van der Waals surface area contributed by atoms with Gasteiger partial charge in [-0.1, -0.05) is 35.9 Å². The zero-order valence-electron chi connectivity index (χ0n) is 16.5. The first-order chi connectivity index (χ1) is 14.0. The van der Waals surface area contributed by atoms with Gasteiger partial charge in [-0.05, 0) is 50.5 Å². The number of sulfonamides is 1. The molecular formula is C22H26N2O4S. The van der Waals surface area contributed by atoms with E-state index in [9.17, 15) is 8.42 Å². The van der Waals surface area contributed by atoms with Crippen LogP contribution in [0, 0.1) is 6.92 Å². The Kier molecular flexibility index (Phi) is 7.19. The highest BCUT2D eigenvalue weighted by Crippen LogP contribution is 2.25. The van der Waals surface area contributed by atoms with Crippen LogP contribution in [0.2, 0.25) is 0 Å². The molecule has 0 aliphatic carbocycles. The Bertz CT molecular complexity index is 1050. The van der Waals surface area contributed by atoms with Gasteiger partial charge in [-0.3, -0.25) is 9.71 Å². The van der Waals surface area contributed by atoms with Gasteiger partial charge >= 0.3 is 0 Å². The van der Waals surface area contributed by atoms with Crippen LogP contribution < -0.4 is 4.72 Å². The topological polar surface area (TPSA) is 88.5 Å². The number of anilines is 1. The fraction of sp³-hybridized carbons (Fsp3) is 0.318. The summed E-state index contributed by atoms with van der Waals surface area (Å²) in [5.74, 6) is 0. The van der Waals surface area contributed by atoms with Gasteiger partial charge in [0.2, 0.25) is 0 Å². The van der Waals surface area contributed by atoms with Gasteiger partial charge in [-0.15, -0.1) is 0 Å². The Morgan fingerprint density at radius 3 is 2.55 bits per heavy atom. The maximum Gasteiger partial charge on any atom is 0.261 e. The molecule has 3 aromatic rings. The number of aliphatic hydroxyl groups is 1. The van der Waals surface area contributed by atoms with E-state index < -0.39 is 10.0 Å². The normalized spacial score (nSPS) is 11.7. The summed E-state index contributed by atoms with van der Waals surface area (Å²) in [5.41, 5.74) is 3.01. The van der Waals surface area contributed by atoms with E-state index in [0.29, 0.717) is 24.4 Å². The van der Waals surface area contributed by atoms with Crippen molar-refractivity contribution in [2.75, 3.05) is 24.5 Å². The zero-order chi connectivity index (χ0) is 20.7. The lowest BCUT2D eigenvalue weighted by atomic mass is 10.1. The molecule has 154 valence electrons. The number of aryl methyl sites for hydroxylation is 2. The molecule has 0 saturated heterocycles. The van der Waals surface area contributed by atoms with Crippen LogP contribution in [0.25, 0.3) is 10.9 Å². The standard InChI is InChI=1S/C22H26N2O4S/c1-17-8-12-20(13-9-17)29(26,27)24-21-7-4-5-18-10-11-19(23-22(18)21)6-2-3-15-28-16-14-25/h4-5,7-13,24-25H,2-3,6,14-16H2,1H3. The van der Waals surface area contributed by atoms with E-state index in [4.69, 9.17) is 14.8 Å². The van der Waals surface area contributed by atoms with Crippen LogP contribution in [0.5, 0.6) is 0 Å². The van der Waals surface area contributed by atoms with Crippen LogP contribution in [-0.2, 0) is 21.2 Å². The molecule has 0 bridgehead atoms. The summed E-state index contributed by atoms with van der Waals surface area (Å²) in [6.07, 6.45) is 2.56. The van der Waals surface area contributed by atoms with Crippen molar-refractivity contribution >= 4 is 26.6 Å². The van der Waals surface area contributed by atoms with Gasteiger partial charge in [0.1, 0.15) is 0 Å². The molecule has 1 heterocycles. The molecule has 0 fully saturated rings. The van der Waals surface area contributed by atoms with Crippen molar-refractivity contribution in [3.63, 3.8) is 0 Å². The van der Waals surface area contributed by atoms with Crippen LogP contribution in [0.3, 0.4) is 0 Å². The molecule has 2 N–H and O–H groups in total. The molecule has 1 aromatic heterocycles. The van der Waals surface area contributed by atoms with Crippen LogP contribution >= 0.6 is 0 Å². The van der Waals surface area contributed by atoms with Gasteiger partial charge in [0.15, 0.2) is 0 Å². The predicted molar refractivity (Wildman–Crippen MR) is 115 cm³/mol. The predicted octanol–water partition coefficient (Wildman–Crippen LogP) is 3.68. The molecule has 0 aliphatic heterocycles. The van der Waals surface area contributed by atoms with Gasteiger partial charge in [-0.2, -0.15) is 0 Å². The van der Waals surface area contributed by atoms with Gasteiger partial charge in [0.05, 0.1) is 29.3 Å². The number of ether oxygens (including phenoxy) is 1. The molecular weight excluding hydrogens is 388 g/mol. The maximum absolute atomic E-state index is 12.8. The molecule has 2 aromatic carbocycles. The maximum atomic E-state index is 12.8. The lowest BCUT2D eigenvalue weighted by molar-refractivity contribution is 0.0899. The summed E-state index contributed by atoms with van der Waals surface area (Å²) in [5, 5.41) is 9.59. The number of aliphatic hydroxyl groups excluding tert-OH is 1. The van der Waals surface area contributed by atoms with E-state index >= 15 is 0 Å². The van der Waals surface area contributed by atoms with Crippen molar-refractivity contribution in [1.82, 2.24) is 4.98 Å². The number of nitrogens with one attached hydrogen (secondary N) is 1. The minimum absolute atomic E-state index is 0.0352. The molecule has 0 amide bonds. The average molecular weight is 415 g/mol. The van der Waals surface area contributed by atoms with Gasteiger partial charge < -0.3 is 9.84 Å². The molecule has 0 unspecified atom stereocenters. The Labute approximate surface area is 171 Å². The zero-order valence-corrected chi connectivity index (χ0v) is 17.3. The highest BCUT2D eigenvalue weighted by Gasteiger charge is 2.16. The van der Waals surface area contributed by atoms with E-state index in [2.05, 4.69) is 4.72 Å². The van der Waals surface area contributed by atoms with Crippen molar-refractivity contribution in [1.29, 1.82) is 0 Å².